The van der Waals surface area contributed by atoms with Gasteiger partial charge in [0.05, 0.1) is 18.3 Å². The highest BCUT2D eigenvalue weighted by Crippen LogP contribution is 2.33. The first-order chi connectivity index (χ1) is 12.7. The predicted octanol–water partition coefficient (Wildman–Crippen LogP) is 2.44. The molecule has 4 rings (SSSR count). The molecule has 1 atom stereocenters. The SMILES string of the molecule is O=C(CCN1C(=O)COc2ccccc21)N[C@H]1CCOc2ccccc21. The molecule has 0 saturated carbocycles. The van der Waals surface area contributed by atoms with Gasteiger partial charge in [-0.05, 0) is 18.2 Å². The van der Waals surface area contributed by atoms with Gasteiger partial charge in [-0.2, -0.15) is 0 Å². The quantitative estimate of drug-likeness (QED) is 0.918. The molecule has 0 radical (unpaired) electrons. The monoisotopic (exact) mass is 352 g/mol. The lowest BCUT2D eigenvalue weighted by molar-refractivity contribution is -0.122. The lowest BCUT2D eigenvalue weighted by atomic mass is 10.0. The molecule has 6 nitrogen and oxygen atoms in total. The molecule has 2 aromatic carbocycles. The summed E-state index contributed by atoms with van der Waals surface area (Å²) in [5, 5.41) is 3.07. The number of ether oxygens (including phenoxy) is 2. The van der Waals surface area contributed by atoms with Gasteiger partial charge in [0.2, 0.25) is 5.91 Å². The summed E-state index contributed by atoms with van der Waals surface area (Å²) in [7, 11) is 0. The molecule has 2 aliphatic rings. The average molecular weight is 352 g/mol. The highest BCUT2D eigenvalue weighted by molar-refractivity contribution is 5.98. The maximum absolute atomic E-state index is 12.5. The third-order valence-corrected chi connectivity index (χ3v) is 4.66. The van der Waals surface area contributed by atoms with E-state index < -0.39 is 0 Å². The van der Waals surface area contributed by atoms with Gasteiger partial charge in [0, 0.05) is 24.9 Å². The molecule has 0 bridgehead atoms. The van der Waals surface area contributed by atoms with E-state index >= 15 is 0 Å². The van der Waals surface area contributed by atoms with Crippen LogP contribution in [0.4, 0.5) is 5.69 Å². The van der Waals surface area contributed by atoms with Crippen molar-refractivity contribution in [1.29, 1.82) is 0 Å². The molecule has 2 amide bonds. The number of carbonyl (C=O) groups excluding carboxylic acids is 2. The molecule has 1 N–H and O–H groups in total. The number of fused-ring (bicyclic) bond motifs is 2. The maximum atomic E-state index is 12.5. The van der Waals surface area contributed by atoms with Crippen LogP contribution in [-0.4, -0.2) is 31.6 Å². The zero-order valence-electron chi connectivity index (χ0n) is 14.3. The number of hydrogen-bond acceptors (Lipinski definition) is 4. The van der Waals surface area contributed by atoms with Gasteiger partial charge in [-0.1, -0.05) is 30.3 Å². The van der Waals surface area contributed by atoms with E-state index in [0.29, 0.717) is 24.6 Å². The van der Waals surface area contributed by atoms with Crippen molar-refractivity contribution >= 4 is 17.5 Å². The molecular formula is C20H20N2O4. The number of rotatable bonds is 4. The van der Waals surface area contributed by atoms with Crippen LogP contribution in [0.25, 0.3) is 0 Å². The molecule has 0 aromatic heterocycles. The number of para-hydroxylation sites is 3. The third-order valence-electron chi connectivity index (χ3n) is 4.66. The van der Waals surface area contributed by atoms with Crippen LogP contribution in [-0.2, 0) is 9.59 Å². The first-order valence-electron chi connectivity index (χ1n) is 8.75. The van der Waals surface area contributed by atoms with Gasteiger partial charge < -0.3 is 19.7 Å². The summed E-state index contributed by atoms with van der Waals surface area (Å²) in [6, 6.07) is 15.1. The Bertz CT molecular complexity index is 836. The second-order valence-corrected chi connectivity index (χ2v) is 6.35. The van der Waals surface area contributed by atoms with Gasteiger partial charge in [-0.25, -0.2) is 0 Å². The molecule has 2 heterocycles. The Morgan fingerprint density at radius 1 is 1.08 bits per heavy atom. The predicted molar refractivity (Wildman–Crippen MR) is 96.3 cm³/mol. The number of anilines is 1. The number of carbonyl (C=O) groups is 2. The number of nitrogens with one attached hydrogen (secondary N) is 1. The Kier molecular flexibility index (Phi) is 4.48. The van der Waals surface area contributed by atoms with E-state index in [2.05, 4.69) is 5.32 Å². The zero-order valence-corrected chi connectivity index (χ0v) is 14.3. The summed E-state index contributed by atoms with van der Waals surface area (Å²) in [6.07, 6.45) is 0.974. The second-order valence-electron chi connectivity index (χ2n) is 6.35. The van der Waals surface area contributed by atoms with Gasteiger partial charge in [-0.3, -0.25) is 9.59 Å². The van der Waals surface area contributed by atoms with Crippen molar-refractivity contribution in [2.75, 3.05) is 24.7 Å². The van der Waals surface area contributed by atoms with Crippen LogP contribution in [0.5, 0.6) is 11.5 Å². The third kappa shape index (κ3) is 3.22. The van der Waals surface area contributed by atoms with E-state index in [-0.39, 0.29) is 30.9 Å². The minimum absolute atomic E-state index is 0.00592. The first kappa shape index (κ1) is 16.4. The summed E-state index contributed by atoms with van der Waals surface area (Å²) >= 11 is 0. The Morgan fingerprint density at radius 3 is 2.73 bits per heavy atom. The van der Waals surface area contributed by atoms with Crippen molar-refractivity contribution in [2.45, 2.75) is 18.9 Å². The minimum Gasteiger partial charge on any atom is -0.493 e. The summed E-state index contributed by atoms with van der Waals surface area (Å²) < 4.78 is 11.1. The van der Waals surface area contributed by atoms with Crippen molar-refractivity contribution in [3.05, 3.63) is 54.1 Å². The molecule has 2 aromatic rings. The van der Waals surface area contributed by atoms with Crippen LogP contribution in [0.1, 0.15) is 24.4 Å². The Labute approximate surface area is 151 Å². The lowest BCUT2D eigenvalue weighted by Crippen LogP contribution is -2.41. The molecule has 6 heteroatoms. The van der Waals surface area contributed by atoms with Crippen molar-refractivity contribution < 1.29 is 19.1 Å². The Hall–Kier alpha value is -3.02. The average Bonchev–Trinajstić information content (AvgIpc) is 2.67. The highest BCUT2D eigenvalue weighted by atomic mass is 16.5. The van der Waals surface area contributed by atoms with E-state index in [4.69, 9.17) is 9.47 Å². The largest absolute Gasteiger partial charge is 0.493 e. The van der Waals surface area contributed by atoms with Crippen LogP contribution in [0.3, 0.4) is 0 Å². The van der Waals surface area contributed by atoms with Crippen molar-refractivity contribution in [2.24, 2.45) is 0 Å². The zero-order chi connectivity index (χ0) is 17.9. The molecule has 0 saturated heterocycles. The summed E-state index contributed by atoms with van der Waals surface area (Å²) in [5.41, 5.74) is 1.72. The van der Waals surface area contributed by atoms with Crippen LogP contribution >= 0.6 is 0 Å². The van der Waals surface area contributed by atoms with E-state index in [1.807, 2.05) is 48.5 Å². The molecule has 2 aliphatic heterocycles. The molecule has 0 unspecified atom stereocenters. The van der Waals surface area contributed by atoms with Crippen LogP contribution in [0.15, 0.2) is 48.5 Å². The fourth-order valence-electron chi connectivity index (χ4n) is 3.37. The van der Waals surface area contributed by atoms with E-state index in [1.165, 1.54) is 0 Å². The number of nitrogens with zero attached hydrogens (tertiary/aromatic N) is 1. The molecule has 26 heavy (non-hydrogen) atoms. The van der Waals surface area contributed by atoms with Gasteiger partial charge >= 0.3 is 0 Å². The summed E-state index contributed by atoms with van der Waals surface area (Å²) in [6.45, 7) is 0.916. The highest BCUT2D eigenvalue weighted by Gasteiger charge is 2.27. The molecule has 0 spiro atoms. The van der Waals surface area contributed by atoms with Crippen LogP contribution in [0.2, 0.25) is 0 Å². The van der Waals surface area contributed by atoms with Gasteiger partial charge in [0.1, 0.15) is 11.5 Å². The van der Waals surface area contributed by atoms with Gasteiger partial charge in [0.15, 0.2) is 6.61 Å². The second kappa shape index (κ2) is 7.07. The fraction of sp³-hybridized carbons (Fsp3) is 0.300. The first-order valence-corrected chi connectivity index (χ1v) is 8.75. The van der Waals surface area contributed by atoms with Gasteiger partial charge in [-0.15, -0.1) is 0 Å². The number of benzene rings is 2. The van der Waals surface area contributed by atoms with E-state index in [0.717, 1.165) is 17.7 Å². The fourth-order valence-corrected chi connectivity index (χ4v) is 3.37. The Morgan fingerprint density at radius 2 is 1.85 bits per heavy atom. The topological polar surface area (TPSA) is 67.9 Å². The van der Waals surface area contributed by atoms with E-state index in [1.54, 1.807) is 4.90 Å². The number of amides is 2. The van der Waals surface area contributed by atoms with Crippen molar-refractivity contribution in [3.63, 3.8) is 0 Å². The van der Waals surface area contributed by atoms with Gasteiger partial charge in [0.25, 0.3) is 5.91 Å². The Balaban J connectivity index is 1.40. The normalized spacial score (nSPS) is 18.2. The molecular weight excluding hydrogens is 332 g/mol. The maximum Gasteiger partial charge on any atom is 0.265 e. The molecule has 134 valence electrons. The summed E-state index contributed by atoms with van der Waals surface area (Å²) in [4.78, 5) is 26.3. The van der Waals surface area contributed by atoms with Crippen LogP contribution in [0, 0.1) is 0 Å². The van der Waals surface area contributed by atoms with Crippen LogP contribution < -0.4 is 19.7 Å². The molecule has 0 fully saturated rings. The summed E-state index contributed by atoms with van der Waals surface area (Å²) in [5.74, 6) is 1.28. The standard InChI is InChI=1S/C20H20N2O4/c23-19(21-15-10-12-25-17-7-3-1-5-14(15)17)9-11-22-16-6-2-4-8-18(16)26-13-20(22)24/h1-8,15H,9-13H2,(H,21,23)/t15-/m0/s1. The van der Waals surface area contributed by atoms with E-state index in [9.17, 15) is 9.59 Å². The van der Waals surface area contributed by atoms with Crippen molar-refractivity contribution in [1.82, 2.24) is 5.32 Å². The molecule has 0 aliphatic carbocycles. The van der Waals surface area contributed by atoms with Crippen molar-refractivity contribution in [3.8, 4) is 11.5 Å². The smallest absolute Gasteiger partial charge is 0.265 e. The lowest BCUT2D eigenvalue weighted by Gasteiger charge is -2.30. The number of hydrogen-bond donors (Lipinski definition) is 1. The minimum atomic E-state index is -0.132.